The van der Waals surface area contributed by atoms with Crippen molar-refractivity contribution in [2.75, 3.05) is 0 Å². The van der Waals surface area contributed by atoms with Gasteiger partial charge in [-0.05, 0) is 77.4 Å². The van der Waals surface area contributed by atoms with Crippen LogP contribution in [0.5, 0.6) is 5.75 Å². The van der Waals surface area contributed by atoms with Gasteiger partial charge in [0.1, 0.15) is 12.4 Å². The van der Waals surface area contributed by atoms with Crippen molar-refractivity contribution in [1.82, 2.24) is 9.97 Å². The lowest BCUT2D eigenvalue weighted by Crippen LogP contribution is -2.15. The highest BCUT2D eigenvalue weighted by Crippen LogP contribution is 2.50. The highest BCUT2D eigenvalue weighted by Gasteiger charge is 2.40. The predicted molar refractivity (Wildman–Crippen MR) is 126 cm³/mol. The van der Waals surface area contributed by atoms with E-state index in [1.165, 1.54) is 18.4 Å². The topological polar surface area (TPSA) is 78.1 Å². The maximum Gasteiger partial charge on any atom is 0.250 e. The summed E-state index contributed by atoms with van der Waals surface area (Å²) in [6.07, 6.45) is 5.71. The fourth-order valence-corrected chi connectivity index (χ4v) is 4.41. The van der Waals surface area contributed by atoms with Crippen LogP contribution in [0.15, 0.2) is 67.0 Å². The van der Waals surface area contributed by atoms with E-state index in [2.05, 4.69) is 29.0 Å². The Hall–Kier alpha value is -3.44. The lowest BCUT2D eigenvalue weighted by Gasteiger charge is -2.15. The third-order valence-corrected chi connectivity index (χ3v) is 6.47. The quantitative estimate of drug-likeness (QED) is 0.416. The molecule has 2 aromatic carbocycles. The second-order valence-electron chi connectivity index (χ2n) is 8.45. The molecule has 4 aromatic rings. The van der Waals surface area contributed by atoms with Gasteiger partial charge >= 0.3 is 0 Å². The molecule has 2 aromatic heterocycles. The van der Waals surface area contributed by atoms with Crippen molar-refractivity contribution in [2.24, 2.45) is 5.73 Å². The van der Waals surface area contributed by atoms with E-state index in [4.69, 9.17) is 22.1 Å². The Balaban J connectivity index is 1.53. The second-order valence-corrected chi connectivity index (χ2v) is 8.86. The fraction of sp³-hybridized carbons (Fsp3) is 0.192. The molecule has 1 aliphatic carbocycles. The molecule has 1 amide bonds. The molecule has 2 N–H and O–H groups in total. The Morgan fingerprint density at radius 1 is 1.06 bits per heavy atom. The number of halogens is 1. The number of aromatic nitrogens is 2. The van der Waals surface area contributed by atoms with Crippen molar-refractivity contribution in [1.29, 1.82) is 0 Å². The number of amides is 1. The molecule has 0 bridgehead atoms. The second kappa shape index (κ2) is 7.92. The lowest BCUT2D eigenvalue weighted by atomic mass is 9.95. The van der Waals surface area contributed by atoms with Gasteiger partial charge in [-0.3, -0.25) is 14.8 Å². The first kappa shape index (κ1) is 20.5. The zero-order valence-electron chi connectivity index (χ0n) is 17.6. The first-order valence-corrected chi connectivity index (χ1v) is 10.9. The number of primary amides is 1. The molecular weight excluding hydrogens is 422 g/mol. The van der Waals surface area contributed by atoms with Crippen LogP contribution in [0.3, 0.4) is 0 Å². The number of carbonyl (C=O) groups is 1. The number of fused-ring (bicyclic) bond motifs is 1. The van der Waals surface area contributed by atoms with Crippen LogP contribution in [0.4, 0.5) is 0 Å². The van der Waals surface area contributed by atoms with Crippen LogP contribution >= 0.6 is 11.6 Å². The molecule has 0 spiro atoms. The molecule has 5 rings (SSSR count). The SMILES string of the molecule is CC1(c2ccc(-c3cc(OCc4ncccc4C(N)=O)c4cccnc4c3)cc2Cl)CC1. The van der Waals surface area contributed by atoms with E-state index < -0.39 is 5.91 Å². The Bertz CT molecular complexity index is 1350. The fourth-order valence-electron chi connectivity index (χ4n) is 4.00. The Labute approximate surface area is 191 Å². The number of ether oxygens (including phenoxy) is 1. The number of rotatable bonds is 6. The minimum Gasteiger partial charge on any atom is -0.487 e. The van der Waals surface area contributed by atoms with Gasteiger partial charge in [0.15, 0.2) is 0 Å². The summed E-state index contributed by atoms with van der Waals surface area (Å²) >= 11 is 6.65. The van der Waals surface area contributed by atoms with Gasteiger partial charge in [0.05, 0.1) is 16.8 Å². The van der Waals surface area contributed by atoms with Crippen molar-refractivity contribution in [3.05, 3.63) is 88.8 Å². The standard InChI is InChI=1S/C26H22ClN3O2/c1-26(8-9-26)20-7-6-16(12-21(20)27)17-13-22-18(4-2-10-29-22)24(14-17)32-15-23-19(25(28)31)5-3-11-30-23/h2-7,10-14H,8-9,15H2,1H3,(H2,28,31). The number of nitrogens with two attached hydrogens (primary N) is 1. The Kier molecular flexibility index (Phi) is 5.06. The molecule has 32 heavy (non-hydrogen) atoms. The lowest BCUT2D eigenvalue weighted by molar-refractivity contribution is 0.0997. The van der Waals surface area contributed by atoms with E-state index in [-0.39, 0.29) is 12.0 Å². The van der Waals surface area contributed by atoms with Gasteiger partial charge in [-0.1, -0.05) is 30.7 Å². The predicted octanol–water partition coefficient (Wildman–Crippen LogP) is 5.68. The largest absolute Gasteiger partial charge is 0.487 e. The van der Waals surface area contributed by atoms with E-state index >= 15 is 0 Å². The molecule has 0 saturated heterocycles. The minimum absolute atomic E-state index is 0.116. The molecule has 0 aliphatic heterocycles. The molecule has 1 fully saturated rings. The normalized spacial score (nSPS) is 14.3. The zero-order valence-corrected chi connectivity index (χ0v) is 18.4. The molecule has 0 unspecified atom stereocenters. The van der Waals surface area contributed by atoms with Crippen LogP contribution < -0.4 is 10.5 Å². The third kappa shape index (κ3) is 3.80. The first-order chi connectivity index (χ1) is 15.4. The first-order valence-electron chi connectivity index (χ1n) is 10.5. The number of hydrogen-bond acceptors (Lipinski definition) is 4. The molecule has 160 valence electrons. The molecule has 5 nitrogen and oxygen atoms in total. The molecule has 2 heterocycles. The average Bonchev–Trinajstić information content (AvgIpc) is 3.55. The summed E-state index contributed by atoms with van der Waals surface area (Å²) in [6.45, 7) is 2.36. The smallest absolute Gasteiger partial charge is 0.250 e. The van der Waals surface area contributed by atoms with Crippen LogP contribution in [0.1, 0.15) is 41.4 Å². The zero-order chi connectivity index (χ0) is 22.3. The molecule has 1 saturated carbocycles. The number of hydrogen-bond donors (Lipinski definition) is 1. The highest BCUT2D eigenvalue weighted by molar-refractivity contribution is 6.31. The molecule has 0 atom stereocenters. The average molecular weight is 444 g/mol. The van der Waals surface area contributed by atoms with Crippen LogP contribution in [-0.2, 0) is 12.0 Å². The summed E-state index contributed by atoms with van der Waals surface area (Å²) in [5.41, 5.74) is 10.5. The maximum atomic E-state index is 11.7. The molecular formula is C26H22ClN3O2. The van der Waals surface area contributed by atoms with Gasteiger partial charge in [-0.25, -0.2) is 0 Å². The van der Waals surface area contributed by atoms with Gasteiger partial charge < -0.3 is 10.5 Å². The summed E-state index contributed by atoms with van der Waals surface area (Å²) in [5, 5.41) is 1.66. The van der Waals surface area contributed by atoms with E-state index in [0.29, 0.717) is 17.0 Å². The van der Waals surface area contributed by atoms with Gasteiger partial charge in [0.2, 0.25) is 0 Å². The Morgan fingerprint density at radius 3 is 2.59 bits per heavy atom. The van der Waals surface area contributed by atoms with Crippen molar-refractivity contribution in [3.63, 3.8) is 0 Å². The van der Waals surface area contributed by atoms with Crippen molar-refractivity contribution in [3.8, 4) is 16.9 Å². The summed E-state index contributed by atoms with van der Waals surface area (Å²) in [6, 6.07) is 17.4. The van der Waals surface area contributed by atoms with Gasteiger partial charge in [-0.15, -0.1) is 0 Å². The van der Waals surface area contributed by atoms with E-state index in [9.17, 15) is 4.79 Å². The molecule has 1 aliphatic rings. The highest BCUT2D eigenvalue weighted by atomic mass is 35.5. The van der Waals surface area contributed by atoms with E-state index in [1.807, 2.05) is 30.3 Å². The number of pyridine rings is 2. The maximum absolute atomic E-state index is 11.7. The summed E-state index contributed by atoms with van der Waals surface area (Å²) < 4.78 is 6.13. The van der Waals surface area contributed by atoms with Crippen LogP contribution in [0.2, 0.25) is 5.02 Å². The van der Waals surface area contributed by atoms with Crippen molar-refractivity contribution >= 4 is 28.4 Å². The summed E-state index contributed by atoms with van der Waals surface area (Å²) in [4.78, 5) is 20.5. The van der Waals surface area contributed by atoms with Gasteiger partial charge in [0.25, 0.3) is 5.91 Å². The van der Waals surface area contributed by atoms with E-state index in [1.54, 1.807) is 24.5 Å². The third-order valence-electron chi connectivity index (χ3n) is 6.16. The Morgan fingerprint density at radius 2 is 1.84 bits per heavy atom. The van der Waals surface area contributed by atoms with Crippen LogP contribution in [0, 0.1) is 0 Å². The summed E-state index contributed by atoms with van der Waals surface area (Å²) in [5.74, 6) is 0.122. The minimum atomic E-state index is -0.531. The van der Waals surface area contributed by atoms with Crippen LogP contribution in [-0.4, -0.2) is 15.9 Å². The van der Waals surface area contributed by atoms with Gasteiger partial charge in [-0.2, -0.15) is 0 Å². The van der Waals surface area contributed by atoms with Gasteiger partial charge in [0, 0.05) is 22.8 Å². The van der Waals surface area contributed by atoms with Crippen molar-refractivity contribution in [2.45, 2.75) is 31.8 Å². The van der Waals surface area contributed by atoms with E-state index in [0.717, 1.165) is 27.1 Å². The number of nitrogens with zero attached hydrogens (tertiary/aromatic N) is 2. The monoisotopic (exact) mass is 443 g/mol. The number of carbonyl (C=O) groups excluding carboxylic acids is 1. The van der Waals surface area contributed by atoms with Crippen LogP contribution in [0.25, 0.3) is 22.0 Å². The summed E-state index contributed by atoms with van der Waals surface area (Å²) in [7, 11) is 0. The van der Waals surface area contributed by atoms with Crippen molar-refractivity contribution < 1.29 is 9.53 Å². The number of benzene rings is 2. The molecule has 0 radical (unpaired) electrons. The molecule has 6 heteroatoms.